The third kappa shape index (κ3) is 6.60. The van der Waals surface area contributed by atoms with E-state index in [4.69, 9.17) is 4.74 Å². The summed E-state index contributed by atoms with van der Waals surface area (Å²) < 4.78 is 5.60. The molecule has 3 N–H and O–H groups in total. The Hall–Kier alpha value is -3.39. The van der Waals surface area contributed by atoms with E-state index in [2.05, 4.69) is 22.8 Å². The zero-order valence-corrected chi connectivity index (χ0v) is 20.8. The van der Waals surface area contributed by atoms with Crippen LogP contribution in [0.25, 0.3) is 11.1 Å². The Bertz CT molecular complexity index is 1010. The largest absolute Gasteiger partial charge is 0.480 e. The van der Waals surface area contributed by atoms with E-state index in [0.29, 0.717) is 6.42 Å². The normalized spacial score (nSPS) is 15.0. The minimum Gasteiger partial charge on any atom is -0.480 e. The minimum absolute atomic E-state index is 0.0912. The average molecular weight is 482 g/mol. The van der Waals surface area contributed by atoms with Crippen molar-refractivity contribution in [3.8, 4) is 11.1 Å². The summed E-state index contributed by atoms with van der Waals surface area (Å²) in [5.74, 6) is -1.60. The maximum absolute atomic E-state index is 13.0. The van der Waals surface area contributed by atoms with Gasteiger partial charge in [0.25, 0.3) is 0 Å². The second-order valence-corrected chi connectivity index (χ2v) is 9.43. The molecule has 2 aromatic rings. The molecule has 0 aromatic heterocycles. The molecule has 0 radical (unpaired) electrons. The lowest BCUT2D eigenvalue weighted by Crippen LogP contribution is -2.54. The van der Waals surface area contributed by atoms with Crippen molar-refractivity contribution < 1.29 is 24.2 Å². The first-order valence-corrected chi connectivity index (χ1v) is 12.0. The van der Waals surface area contributed by atoms with Crippen LogP contribution in [-0.2, 0) is 14.3 Å². The topological polar surface area (TPSA) is 108 Å². The number of carboxylic acid groups (broad SMARTS) is 1. The molecule has 1 aliphatic carbocycles. The molecule has 3 unspecified atom stereocenters. The number of carboxylic acids is 1. The van der Waals surface area contributed by atoms with Crippen molar-refractivity contribution in [2.45, 2.75) is 44.7 Å². The van der Waals surface area contributed by atoms with Gasteiger partial charge in [-0.05, 0) is 48.7 Å². The Morgan fingerprint density at radius 1 is 0.971 bits per heavy atom. The first kappa shape index (κ1) is 26.2. The summed E-state index contributed by atoms with van der Waals surface area (Å²) in [5, 5.41) is 14.7. The van der Waals surface area contributed by atoms with Crippen molar-refractivity contribution in [3.05, 3.63) is 59.7 Å². The minimum atomic E-state index is -1.13. The van der Waals surface area contributed by atoms with Crippen LogP contribution >= 0.6 is 0 Å². The van der Waals surface area contributed by atoms with Crippen LogP contribution in [0.15, 0.2) is 48.5 Å². The summed E-state index contributed by atoms with van der Waals surface area (Å²) >= 11 is 0. The van der Waals surface area contributed by atoms with E-state index >= 15 is 0 Å². The van der Waals surface area contributed by atoms with E-state index in [0.717, 1.165) is 28.7 Å². The number of carbonyl (C=O) groups excluding carboxylic acids is 2. The molecule has 3 atom stereocenters. The van der Waals surface area contributed by atoms with Crippen molar-refractivity contribution in [1.29, 1.82) is 0 Å². The fourth-order valence-corrected chi connectivity index (χ4v) is 4.41. The number of fused-ring (bicyclic) bond motifs is 3. The summed E-state index contributed by atoms with van der Waals surface area (Å²) in [4.78, 5) is 39.0. The van der Waals surface area contributed by atoms with E-state index in [1.807, 2.05) is 50.2 Å². The van der Waals surface area contributed by atoms with Gasteiger partial charge in [0.1, 0.15) is 18.7 Å². The van der Waals surface area contributed by atoms with E-state index in [1.54, 1.807) is 19.0 Å². The quantitative estimate of drug-likeness (QED) is 0.454. The van der Waals surface area contributed by atoms with Gasteiger partial charge in [-0.2, -0.15) is 0 Å². The van der Waals surface area contributed by atoms with Gasteiger partial charge in [0.05, 0.1) is 0 Å². The zero-order valence-electron chi connectivity index (χ0n) is 20.8. The van der Waals surface area contributed by atoms with Crippen LogP contribution in [0.5, 0.6) is 0 Å². The van der Waals surface area contributed by atoms with Gasteiger partial charge in [-0.1, -0.05) is 68.8 Å². The standard InChI is InChI=1S/C27H35N3O5/c1-5-17(2)14-23(25(31)28-24(26(32)33)15-30(3)4)29-27(34)35-16-22-20-12-8-6-10-18(20)19-11-7-9-13-21(19)22/h6-13,17,22-24H,5,14-16H2,1-4H3,(H,28,31)(H,29,34)(H,32,33). The van der Waals surface area contributed by atoms with Crippen LogP contribution in [0.3, 0.4) is 0 Å². The highest BCUT2D eigenvalue weighted by Gasteiger charge is 2.31. The lowest BCUT2D eigenvalue weighted by molar-refractivity contribution is -0.142. The van der Waals surface area contributed by atoms with Gasteiger partial charge in [0, 0.05) is 12.5 Å². The fraction of sp³-hybridized carbons (Fsp3) is 0.444. The van der Waals surface area contributed by atoms with Crippen molar-refractivity contribution in [1.82, 2.24) is 15.5 Å². The highest BCUT2D eigenvalue weighted by Crippen LogP contribution is 2.44. The van der Waals surface area contributed by atoms with Crippen LogP contribution < -0.4 is 10.6 Å². The molecular formula is C27H35N3O5. The number of ether oxygens (including phenoxy) is 1. The first-order chi connectivity index (χ1) is 16.7. The van der Waals surface area contributed by atoms with Gasteiger partial charge in [0.2, 0.25) is 5.91 Å². The van der Waals surface area contributed by atoms with Crippen molar-refractivity contribution in [3.63, 3.8) is 0 Å². The second-order valence-electron chi connectivity index (χ2n) is 9.43. The average Bonchev–Trinajstić information content (AvgIpc) is 3.15. The first-order valence-electron chi connectivity index (χ1n) is 12.0. The molecule has 2 amide bonds. The lowest BCUT2D eigenvalue weighted by Gasteiger charge is -2.25. The summed E-state index contributed by atoms with van der Waals surface area (Å²) in [6, 6.07) is 14.1. The van der Waals surface area contributed by atoms with Crippen molar-refractivity contribution >= 4 is 18.0 Å². The Morgan fingerprint density at radius 3 is 2.06 bits per heavy atom. The SMILES string of the molecule is CCC(C)CC(NC(=O)OCC1c2ccccc2-c2ccccc21)C(=O)NC(CN(C)C)C(=O)O. The third-order valence-corrected chi connectivity index (χ3v) is 6.45. The molecule has 0 fully saturated rings. The molecule has 3 rings (SSSR count). The Labute approximate surface area is 206 Å². The molecule has 8 nitrogen and oxygen atoms in total. The van der Waals surface area contributed by atoms with Gasteiger partial charge in [0.15, 0.2) is 0 Å². The number of carbonyl (C=O) groups is 3. The number of aliphatic carboxylic acids is 1. The molecule has 2 aromatic carbocycles. The molecule has 0 heterocycles. The molecule has 0 spiro atoms. The summed E-state index contributed by atoms with van der Waals surface area (Å²) in [7, 11) is 3.46. The molecule has 35 heavy (non-hydrogen) atoms. The predicted octanol–water partition coefficient (Wildman–Crippen LogP) is 3.46. The molecular weight excluding hydrogens is 446 g/mol. The van der Waals surface area contributed by atoms with E-state index in [1.165, 1.54) is 0 Å². The van der Waals surface area contributed by atoms with Crippen molar-refractivity contribution in [2.75, 3.05) is 27.2 Å². The number of rotatable bonds is 11. The second kappa shape index (κ2) is 11.8. The Balaban J connectivity index is 1.68. The number of nitrogens with zero attached hydrogens (tertiary/aromatic N) is 1. The molecule has 1 aliphatic rings. The van der Waals surface area contributed by atoms with Gasteiger partial charge in [-0.3, -0.25) is 4.79 Å². The lowest BCUT2D eigenvalue weighted by atomic mass is 9.98. The molecule has 188 valence electrons. The van der Waals surface area contributed by atoms with Crippen LogP contribution in [0.4, 0.5) is 4.79 Å². The third-order valence-electron chi connectivity index (χ3n) is 6.45. The van der Waals surface area contributed by atoms with Crippen LogP contribution in [-0.4, -0.2) is 67.3 Å². The zero-order chi connectivity index (χ0) is 25.5. The maximum Gasteiger partial charge on any atom is 0.407 e. The fourth-order valence-electron chi connectivity index (χ4n) is 4.41. The van der Waals surface area contributed by atoms with E-state index in [9.17, 15) is 19.5 Å². The van der Waals surface area contributed by atoms with E-state index < -0.39 is 30.1 Å². The summed E-state index contributed by atoms with van der Waals surface area (Å²) in [5.41, 5.74) is 4.46. The number of hydrogen-bond donors (Lipinski definition) is 3. The van der Waals surface area contributed by atoms with Crippen LogP contribution in [0.2, 0.25) is 0 Å². The van der Waals surface area contributed by atoms with Gasteiger partial charge < -0.3 is 25.4 Å². The summed E-state index contributed by atoms with van der Waals surface area (Å²) in [6.45, 7) is 4.26. The highest BCUT2D eigenvalue weighted by atomic mass is 16.5. The number of nitrogens with one attached hydrogen (secondary N) is 2. The number of benzene rings is 2. The Morgan fingerprint density at radius 2 is 1.54 bits per heavy atom. The van der Waals surface area contributed by atoms with Crippen LogP contribution in [0.1, 0.15) is 43.7 Å². The number of hydrogen-bond acceptors (Lipinski definition) is 5. The summed E-state index contributed by atoms with van der Waals surface area (Å²) in [6.07, 6.45) is 0.492. The smallest absolute Gasteiger partial charge is 0.407 e. The van der Waals surface area contributed by atoms with Crippen LogP contribution in [0, 0.1) is 5.92 Å². The molecule has 0 bridgehead atoms. The molecule has 8 heteroatoms. The number of likely N-dealkylation sites (N-methyl/N-ethyl adjacent to an activating group) is 1. The Kier molecular flexibility index (Phi) is 8.87. The van der Waals surface area contributed by atoms with Crippen molar-refractivity contribution in [2.24, 2.45) is 5.92 Å². The molecule has 0 aliphatic heterocycles. The van der Waals surface area contributed by atoms with Gasteiger partial charge in [-0.25, -0.2) is 9.59 Å². The molecule has 0 saturated heterocycles. The monoisotopic (exact) mass is 481 g/mol. The van der Waals surface area contributed by atoms with Gasteiger partial charge >= 0.3 is 12.1 Å². The maximum atomic E-state index is 13.0. The molecule has 0 saturated carbocycles. The van der Waals surface area contributed by atoms with E-state index in [-0.39, 0.29) is 25.0 Å². The number of amides is 2. The number of alkyl carbamates (subject to hydrolysis) is 1. The highest BCUT2D eigenvalue weighted by molar-refractivity contribution is 5.89. The van der Waals surface area contributed by atoms with Gasteiger partial charge in [-0.15, -0.1) is 0 Å². The predicted molar refractivity (Wildman–Crippen MR) is 134 cm³/mol.